The van der Waals surface area contributed by atoms with Gasteiger partial charge in [0, 0.05) is 0 Å². The zero-order valence-electron chi connectivity index (χ0n) is 13.1. The Morgan fingerprint density at radius 1 is 0.737 bits per heavy atom. The van der Waals surface area contributed by atoms with Gasteiger partial charge in [0.2, 0.25) is 0 Å². The van der Waals surface area contributed by atoms with Crippen molar-refractivity contribution in [2.75, 3.05) is 0 Å². The van der Waals surface area contributed by atoms with Gasteiger partial charge in [0.25, 0.3) is 0 Å². The average Bonchev–Trinajstić information content (AvgIpc) is 2.41. The van der Waals surface area contributed by atoms with Gasteiger partial charge in [-0.25, -0.2) is 0 Å². The van der Waals surface area contributed by atoms with E-state index in [-0.39, 0.29) is 6.10 Å². The fourth-order valence-corrected chi connectivity index (χ4v) is 2.06. The molecule has 1 nitrogen and oxygen atoms in total. The molecule has 1 atom stereocenters. The van der Waals surface area contributed by atoms with Crippen molar-refractivity contribution in [1.82, 2.24) is 0 Å². The van der Waals surface area contributed by atoms with E-state index in [1.807, 2.05) is 6.08 Å². The van der Waals surface area contributed by atoms with Gasteiger partial charge in [-0.2, -0.15) is 0 Å². The summed E-state index contributed by atoms with van der Waals surface area (Å²) in [4.78, 5) is 0. The summed E-state index contributed by atoms with van der Waals surface area (Å²) in [6, 6.07) is 0. The van der Waals surface area contributed by atoms with Gasteiger partial charge in [-0.1, -0.05) is 76.7 Å². The fourth-order valence-electron chi connectivity index (χ4n) is 2.06. The maximum atomic E-state index is 9.75. The first-order valence-electron chi connectivity index (χ1n) is 8.31. The molecule has 1 heteroatoms. The number of hydrogen-bond donors (Lipinski definition) is 1. The number of unbranched alkanes of at least 4 members (excludes halogenated alkanes) is 8. The summed E-state index contributed by atoms with van der Waals surface area (Å²) in [6.45, 7) is 4.46. The highest BCUT2D eigenvalue weighted by Gasteiger charge is 1.94. The smallest absolute Gasteiger partial charge is 0.0755 e. The molecule has 112 valence electrons. The van der Waals surface area contributed by atoms with Gasteiger partial charge in [-0.3, -0.25) is 0 Å². The largest absolute Gasteiger partial charge is 0.389 e. The molecule has 0 fully saturated rings. The molecule has 1 unspecified atom stereocenters. The number of hydrogen-bond acceptors (Lipinski definition) is 1. The standard InChI is InChI=1S/C18H34O/c1-3-5-7-9-11-13-15-17-18(19)16-14-12-10-8-6-4-2/h12,14-15,17-19H,3-11,13,16H2,1-2H3/b14-12-,17-15+. The summed E-state index contributed by atoms with van der Waals surface area (Å²) in [5.41, 5.74) is 0. The molecule has 0 aromatic rings. The summed E-state index contributed by atoms with van der Waals surface area (Å²) in [7, 11) is 0. The third-order valence-corrected chi connectivity index (χ3v) is 3.35. The zero-order valence-corrected chi connectivity index (χ0v) is 13.1. The van der Waals surface area contributed by atoms with Crippen LogP contribution in [0.5, 0.6) is 0 Å². The van der Waals surface area contributed by atoms with Gasteiger partial charge in [0.15, 0.2) is 0 Å². The lowest BCUT2D eigenvalue weighted by Gasteiger charge is -2.01. The lowest BCUT2D eigenvalue weighted by Crippen LogP contribution is -1.99. The molecular weight excluding hydrogens is 232 g/mol. The van der Waals surface area contributed by atoms with Crippen LogP contribution in [0.4, 0.5) is 0 Å². The van der Waals surface area contributed by atoms with Gasteiger partial charge in [0.1, 0.15) is 0 Å². The van der Waals surface area contributed by atoms with E-state index >= 15 is 0 Å². The van der Waals surface area contributed by atoms with Crippen molar-refractivity contribution in [3.05, 3.63) is 24.3 Å². The minimum Gasteiger partial charge on any atom is -0.389 e. The second kappa shape index (κ2) is 15.5. The number of rotatable bonds is 13. The van der Waals surface area contributed by atoms with Crippen LogP contribution in [0.25, 0.3) is 0 Å². The fraction of sp³-hybridized carbons (Fsp3) is 0.778. The maximum absolute atomic E-state index is 9.75. The monoisotopic (exact) mass is 266 g/mol. The Hall–Kier alpha value is -0.560. The highest BCUT2D eigenvalue weighted by molar-refractivity contribution is 4.94. The van der Waals surface area contributed by atoms with E-state index in [0.717, 1.165) is 19.3 Å². The second-order valence-electron chi connectivity index (χ2n) is 5.40. The molecule has 0 radical (unpaired) electrons. The van der Waals surface area contributed by atoms with Crippen molar-refractivity contribution in [3.8, 4) is 0 Å². The van der Waals surface area contributed by atoms with Crippen LogP contribution in [0.1, 0.15) is 84.5 Å². The predicted octanol–water partition coefficient (Wildman–Crippen LogP) is 5.79. The van der Waals surface area contributed by atoms with E-state index in [1.165, 1.54) is 51.4 Å². The average molecular weight is 266 g/mol. The molecular formula is C18H34O. The van der Waals surface area contributed by atoms with Crippen LogP contribution in [0.15, 0.2) is 24.3 Å². The maximum Gasteiger partial charge on any atom is 0.0755 e. The molecule has 0 aromatic heterocycles. The number of allylic oxidation sites excluding steroid dienone is 2. The van der Waals surface area contributed by atoms with Gasteiger partial charge >= 0.3 is 0 Å². The van der Waals surface area contributed by atoms with Crippen LogP contribution >= 0.6 is 0 Å². The van der Waals surface area contributed by atoms with Crippen molar-refractivity contribution >= 4 is 0 Å². The Labute approximate surface area is 120 Å². The normalized spacial score (nSPS) is 13.6. The first-order chi connectivity index (χ1) is 9.31. The highest BCUT2D eigenvalue weighted by atomic mass is 16.3. The van der Waals surface area contributed by atoms with Crippen LogP contribution in [0.2, 0.25) is 0 Å². The lowest BCUT2D eigenvalue weighted by molar-refractivity contribution is 0.226. The molecule has 0 spiro atoms. The Kier molecular flexibility index (Phi) is 15.0. The molecule has 0 aliphatic rings. The van der Waals surface area contributed by atoms with Crippen molar-refractivity contribution in [2.45, 2.75) is 90.6 Å². The molecule has 0 saturated carbocycles. The van der Waals surface area contributed by atoms with Crippen LogP contribution in [-0.2, 0) is 0 Å². The second-order valence-corrected chi connectivity index (χ2v) is 5.40. The molecule has 0 rings (SSSR count). The number of aliphatic hydroxyl groups excluding tert-OH is 1. The molecule has 1 N–H and O–H groups in total. The summed E-state index contributed by atoms with van der Waals surface area (Å²) in [5, 5.41) is 9.75. The minimum atomic E-state index is -0.293. The van der Waals surface area contributed by atoms with E-state index in [9.17, 15) is 5.11 Å². The van der Waals surface area contributed by atoms with Gasteiger partial charge in [-0.05, 0) is 32.1 Å². The van der Waals surface area contributed by atoms with Crippen LogP contribution in [-0.4, -0.2) is 11.2 Å². The molecule has 0 heterocycles. The number of aliphatic hydroxyl groups is 1. The van der Waals surface area contributed by atoms with Gasteiger partial charge in [-0.15, -0.1) is 0 Å². The third-order valence-electron chi connectivity index (χ3n) is 3.35. The summed E-state index contributed by atoms with van der Waals surface area (Å²) in [5.74, 6) is 0. The first-order valence-corrected chi connectivity index (χ1v) is 8.31. The highest BCUT2D eigenvalue weighted by Crippen LogP contribution is 2.06. The third kappa shape index (κ3) is 15.4. The van der Waals surface area contributed by atoms with Crippen molar-refractivity contribution < 1.29 is 5.11 Å². The van der Waals surface area contributed by atoms with Crippen molar-refractivity contribution in [1.29, 1.82) is 0 Å². The van der Waals surface area contributed by atoms with E-state index in [1.54, 1.807) is 0 Å². The van der Waals surface area contributed by atoms with Gasteiger partial charge in [0.05, 0.1) is 6.10 Å². The summed E-state index contributed by atoms with van der Waals surface area (Å²) < 4.78 is 0. The topological polar surface area (TPSA) is 20.2 Å². The molecule has 0 bridgehead atoms. The molecule has 0 amide bonds. The van der Waals surface area contributed by atoms with Crippen molar-refractivity contribution in [3.63, 3.8) is 0 Å². The molecule has 0 aliphatic heterocycles. The van der Waals surface area contributed by atoms with E-state index in [2.05, 4.69) is 32.1 Å². The Morgan fingerprint density at radius 3 is 2.05 bits per heavy atom. The first kappa shape index (κ1) is 18.4. The molecule has 0 aliphatic carbocycles. The molecule has 19 heavy (non-hydrogen) atoms. The summed E-state index contributed by atoms with van der Waals surface area (Å²) >= 11 is 0. The van der Waals surface area contributed by atoms with Crippen LogP contribution in [0.3, 0.4) is 0 Å². The molecule has 0 aromatic carbocycles. The Balaban J connectivity index is 3.38. The quantitative estimate of drug-likeness (QED) is 0.330. The van der Waals surface area contributed by atoms with Crippen LogP contribution < -0.4 is 0 Å². The summed E-state index contributed by atoms with van der Waals surface area (Å²) in [6.07, 6.45) is 21.6. The lowest BCUT2D eigenvalue weighted by atomic mass is 10.1. The SMILES string of the molecule is CCCCC/C=C\CC(O)/C=C/CCCCCCC. The zero-order chi connectivity index (χ0) is 14.2. The van der Waals surface area contributed by atoms with E-state index in [4.69, 9.17) is 0 Å². The Bertz CT molecular complexity index is 218. The molecule has 0 saturated heterocycles. The van der Waals surface area contributed by atoms with Crippen LogP contribution in [0, 0.1) is 0 Å². The van der Waals surface area contributed by atoms with Crippen molar-refractivity contribution in [2.24, 2.45) is 0 Å². The van der Waals surface area contributed by atoms with E-state index in [0.29, 0.717) is 0 Å². The van der Waals surface area contributed by atoms with E-state index < -0.39 is 0 Å². The predicted molar refractivity (Wildman–Crippen MR) is 86.4 cm³/mol. The minimum absolute atomic E-state index is 0.293. The van der Waals surface area contributed by atoms with Gasteiger partial charge < -0.3 is 5.11 Å². The Morgan fingerprint density at radius 2 is 1.32 bits per heavy atom.